The standard InChI is InChI=1S/C50H72N16O21S2/c1-16-29(63-42(66-40(16)53)22(7-27(52)71)58-8-21(51)41(54)77)45(80)65-31(37(23-9-56-15-59-23)85-49-39(35(75)33(73)25(11-68)84-49)86-48-36(76)38(87-50(55)82)34(74)26(12-69)83-48)46(81)60-18(3)32(72)17(2)43(78)64-30(19(4)70)44(79)57-6-5-28-62-24(14-88-28)47-61-20(10-67)13-89-47/h9-10,13-15,17-19,21-22,25-26,30-39,48-49,58,68-70,72-76H,5-8,11-12,51H2,1-4H3,(H2,52,71)(H2,54,77)(H2,55,82)(H,56,59)(H,57,79)(H,60,81)(H,64,78)(H,65,80)(H2,53,63,66)/t17-,18+,19+,21-,22-,25-,26+,30-,31-,32-,33+,34+,35-,36-,37-,38-,39-,48+,49-/m0/s1. The highest BCUT2D eigenvalue weighted by Gasteiger charge is 2.54. The Kier molecular flexibility index (Phi) is 25.3. The Morgan fingerprint density at radius 2 is 1.51 bits per heavy atom. The molecule has 89 heavy (non-hydrogen) atoms. The molecular formula is C50H72N16O21S2. The van der Waals surface area contributed by atoms with Crippen molar-refractivity contribution in [2.24, 2.45) is 28.9 Å². The highest BCUT2D eigenvalue weighted by Crippen LogP contribution is 2.35. The predicted octanol–water partition coefficient (Wildman–Crippen LogP) is -7.89. The Balaban J connectivity index is 1.31. The monoisotopic (exact) mass is 1300 g/mol. The van der Waals surface area contributed by atoms with Crippen LogP contribution >= 0.6 is 22.7 Å². The van der Waals surface area contributed by atoms with Crippen molar-refractivity contribution in [3.8, 4) is 10.7 Å². The zero-order chi connectivity index (χ0) is 65.7. The SMILES string of the molecule is Cc1c(N)nc([C@H](CC(N)=O)NC[C@H](N)C(N)=O)nc1C(=O)N[C@H](C(=O)N[C@H](C)[C@@H](O)[C@H](C)C(=O)N[C@H](C(=O)NCCc1nc(-c2nc(C=O)cs2)cs1)[C@@H](C)O)[C@@H](O[C@@H]1O[C@@H](CO)[C@@H](O)[C@H](O)[C@@H]1O[C@H]1O[C@H](CO)[C@@H](O)[C@H](OC(N)=O)[C@@H]1O)c1cnc[nH]1. The van der Waals surface area contributed by atoms with E-state index in [1.807, 2.05) is 0 Å². The van der Waals surface area contributed by atoms with E-state index < -0.39 is 183 Å². The summed E-state index contributed by atoms with van der Waals surface area (Å²) < 4.78 is 28.7. The first-order valence-electron chi connectivity index (χ1n) is 27.2. The number of nitrogens with zero attached hydrogens (tertiary/aromatic N) is 5. The van der Waals surface area contributed by atoms with Crippen molar-refractivity contribution in [2.75, 3.05) is 32.0 Å². The number of nitrogens with two attached hydrogens (primary N) is 5. The number of aromatic nitrogens is 6. The molecule has 0 spiro atoms. The third kappa shape index (κ3) is 17.9. The molecule has 7 amide bonds. The first kappa shape index (κ1) is 70.6. The van der Waals surface area contributed by atoms with Crippen LogP contribution in [0.25, 0.3) is 10.7 Å². The minimum atomic E-state index is -2.19. The van der Waals surface area contributed by atoms with E-state index in [1.165, 1.54) is 50.4 Å². The summed E-state index contributed by atoms with van der Waals surface area (Å²) in [7, 11) is 0. The lowest BCUT2D eigenvalue weighted by molar-refractivity contribution is -0.372. The molecule has 0 aromatic carbocycles. The van der Waals surface area contributed by atoms with Gasteiger partial charge in [-0.05, 0) is 20.8 Å². The molecule has 2 fully saturated rings. The van der Waals surface area contributed by atoms with E-state index in [-0.39, 0.29) is 48.1 Å². The lowest BCUT2D eigenvalue weighted by atomic mass is 9.96. The Hall–Kier alpha value is -7.45. The Morgan fingerprint density at radius 3 is 2.11 bits per heavy atom. The molecule has 6 heterocycles. The van der Waals surface area contributed by atoms with Gasteiger partial charge in [0.05, 0.1) is 72.7 Å². The fourth-order valence-corrected chi connectivity index (χ4v) is 10.7. The summed E-state index contributed by atoms with van der Waals surface area (Å²) in [5, 5.41) is 105. The number of aldehydes is 1. The number of nitrogen functional groups attached to an aromatic ring is 1. The second-order valence-corrected chi connectivity index (χ2v) is 22.5. The minimum Gasteiger partial charge on any atom is -0.441 e. The lowest BCUT2D eigenvalue weighted by Gasteiger charge is -2.47. The Morgan fingerprint density at radius 1 is 0.820 bits per heavy atom. The maximum absolute atomic E-state index is 15.1. The van der Waals surface area contributed by atoms with Crippen LogP contribution in [0.2, 0.25) is 0 Å². The van der Waals surface area contributed by atoms with Crippen LogP contribution in [0.15, 0.2) is 23.3 Å². The number of rotatable bonds is 31. The number of H-pyrrole nitrogens is 1. The van der Waals surface area contributed by atoms with Gasteiger partial charge >= 0.3 is 6.09 Å². The minimum absolute atomic E-state index is 0.00393. The van der Waals surface area contributed by atoms with Gasteiger partial charge in [-0.1, -0.05) is 6.92 Å². The van der Waals surface area contributed by atoms with E-state index >= 15 is 4.79 Å². The number of carbonyl (C=O) groups is 8. The Bertz CT molecular complexity index is 3090. The summed E-state index contributed by atoms with van der Waals surface area (Å²) in [6, 6.07) is -7.82. The number of hydrogen-bond acceptors (Lipinski definition) is 31. The zero-order valence-electron chi connectivity index (χ0n) is 47.9. The molecule has 19 atom stereocenters. The van der Waals surface area contributed by atoms with E-state index in [0.717, 1.165) is 12.5 Å². The van der Waals surface area contributed by atoms with Crippen molar-refractivity contribution in [1.82, 2.24) is 56.5 Å². The molecule has 0 radical (unpaired) electrons. The number of amides is 7. The fourth-order valence-electron chi connectivity index (χ4n) is 9.11. The van der Waals surface area contributed by atoms with Crippen LogP contribution in [0.1, 0.15) is 82.4 Å². The van der Waals surface area contributed by atoms with E-state index in [0.29, 0.717) is 22.0 Å². The van der Waals surface area contributed by atoms with Gasteiger partial charge in [0.1, 0.15) is 94.6 Å². The molecule has 2 aliphatic heterocycles. The van der Waals surface area contributed by atoms with Crippen LogP contribution in [0.5, 0.6) is 0 Å². The number of imidazole rings is 1. The molecule has 0 aliphatic carbocycles. The Labute approximate surface area is 512 Å². The summed E-state index contributed by atoms with van der Waals surface area (Å²) in [5.41, 5.74) is 28.0. The summed E-state index contributed by atoms with van der Waals surface area (Å²) in [6.07, 6.45) is -24.4. The maximum Gasteiger partial charge on any atom is 0.404 e. The van der Waals surface area contributed by atoms with Gasteiger partial charge in [-0.2, -0.15) is 0 Å². The lowest BCUT2D eigenvalue weighted by Crippen LogP contribution is -2.65. The van der Waals surface area contributed by atoms with Crippen LogP contribution in [-0.2, 0) is 54.1 Å². The summed E-state index contributed by atoms with van der Waals surface area (Å²) >= 11 is 2.50. The number of aliphatic hydroxyl groups is 8. The molecule has 6 rings (SSSR count). The number of carbonyl (C=O) groups excluding carboxylic acids is 8. The average molecular weight is 1300 g/mol. The highest BCUT2D eigenvalue weighted by atomic mass is 32.1. The van der Waals surface area contributed by atoms with Crippen LogP contribution in [0.4, 0.5) is 10.6 Å². The number of anilines is 1. The summed E-state index contributed by atoms with van der Waals surface area (Å²) in [5.74, 6) is -8.37. The molecule has 2 saturated heterocycles. The number of primary amides is 3. The first-order valence-corrected chi connectivity index (χ1v) is 29.0. The van der Waals surface area contributed by atoms with Crippen molar-refractivity contribution in [3.05, 3.63) is 56.8 Å². The molecule has 0 unspecified atom stereocenters. The fraction of sp³-hybridized carbons (Fsp3) is 0.580. The molecule has 4 aromatic rings. The van der Waals surface area contributed by atoms with Gasteiger partial charge in [-0.3, -0.25) is 33.6 Å². The molecule has 2 aliphatic rings. The topological polar surface area (TPSA) is 615 Å². The highest BCUT2D eigenvalue weighted by molar-refractivity contribution is 7.14. The maximum atomic E-state index is 15.1. The van der Waals surface area contributed by atoms with Crippen LogP contribution < -0.4 is 55.3 Å². The van der Waals surface area contributed by atoms with Crippen molar-refractivity contribution in [1.29, 1.82) is 0 Å². The molecule has 4 aromatic heterocycles. The summed E-state index contributed by atoms with van der Waals surface area (Å²) in [6.45, 7) is 2.65. The second-order valence-electron chi connectivity index (χ2n) is 20.7. The third-order valence-corrected chi connectivity index (χ3v) is 16.0. The van der Waals surface area contributed by atoms with Gasteiger partial charge < -0.3 is 125 Å². The van der Waals surface area contributed by atoms with E-state index in [1.54, 1.807) is 10.8 Å². The van der Waals surface area contributed by atoms with Gasteiger partial charge in [0.25, 0.3) is 5.91 Å². The molecule has 24 N–H and O–H groups in total. The van der Waals surface area contributed by atoms with E-state index in [9.17, 15) is 74.4 Å². The molecule has 39 heteroatoms. The molecule has 0 bridgehead atoms. The second kappa shape index (κ2) is 31.8. The van der Waals surface area contributed by atoms with Crippen LogP contribution in [0, 0.1) is 12.8 Å². The number of thiazole rings is 2. The van der Waals surface area contributed by atoms with Gasteiger partial charge in [0.15, 0.2) is 25.0 Å². The van der Waals surface area contributed by atoms with Crippen LogP contribution in [-0.4, -0.2) is 243 Å². The normalized spacial score (nSPS) is 24.9. The van der Waals surface area contributed by atoms with E-state index in [2.05, 4.69) is 56.5 Å². The van der Waals surface area contributed by atoms with Gasteiger partial charge in [0.2, 0.25) is 29.5 Å². The zero-order valence-corrected chi connectivity index (χ0v) is 49.6. The number of hydrogen-bond donors (Lipinski definition) is 19. The molecule has 0 saturated carbocycles. The van der Waals surface area contributed by atoms with Crippen molar-refractivity contribution in [2.45, 2.75) is 150 Å². The number of ether oxygens (including phenoxy) is 5. The van der Waals surface area contributed by atoms with Crippen LogP contribution in [0.3, 0.4) is 0 Å². The van der Waals surface area contributed by atoms with Gasteiger partial charge in [-0.25, -0.2) is 29.7 Å². The largest absolute Gasteiger partial charge is 0.441 e. The van der Waals surface area contributed by atoms with Gasteiger partial charge in [-0.15, -0.1) is 22.7 Å². The van der Waals surface area contributed by atoms with E-state index in [4.69, 9.17) is 52.4 Å². The van der Waals surface area contributed by atoms with Crippen molar-refractivity contribution < 1.29 is 103 Å². The number of aliphatic hydroxyl groups excluding tert-OH is 8. The quantitative estimate of drug-likeness (QED) is 0.0208. The average Bonchev–Trinajstić information content (AvgIpc) is 2.75. The smallest absolute Gasteiger partial charge is 0.404 e. The number of nitrogens with one attached hydrogen (secondary N) is 6. The molecule has 490 valence electrons. The summed E-state index contributed by atoms with van der Waals surface area (Å²) in [4.78, 5) is 128. The van der Waals surface area contributed by atoms with Gasteiger partial charge in [0, 0.05) is 42.3 Å². The first-order chi connectivity index (χ1) is 42.1. The molecular weight excluding hydrogens is 1220 g/mol. The third-order valence-electron chi connectivity index (χ3n) is 14.2. The molecule has 37 nitrogen and oxygen atoms in total. The number of aromatic amines is 1. The van der Waals surface area contributed by atoms with Crippen molar-refractivity contribution in [3.63, 3.8) is 0 Å². The predicted molar refractivity (Wildman–Crippen MR) is 303 cm³/mol. The van der Waals surface area contributed by atoms with Crippen molar-refractivity contribution >= 4 is 76.3 Å².